The zero-order valence-corrected chi connectivity index (χ0v) is 11.2. The fourth-order valence-corrected chi connectivity index (χ4v) is 2.49. The third-order valence-corrected chi connectivity index (χ3v) is 3.58. The van der Waals surface area contributed by atoms with Crippen molar-refractivity contribution in [1.82, 2.24) is 9.78 Å². The standard InChI is InChI=1S/C15H19N3/c1-10(2)18-9-14(11(3)17-18)13-5-4-12-6-7-16-15(12)8-13/h4-5,8-10,16H,6-7H2,1-3H3. The number of nitrogens with zero attached hydrogens (tertiary/aromatic N) is 2. The van der Waals surface area contributed by atoms with E-state index in [1.54, 1.807) is 0 Å². The Morgan fingerprint density at radius 2 is 2.17 bits per heavy atom. The number of hydrogen-bond acceptors (Lipinski definition) is 2. The van der Waals surface area contributed by atoms with Gasteiger partial charge in [0.15, 0.2) is 0 Å². The minimum Gasteiger partial charge on any atom is -0.384 e. The van der Waals surface area contributed by atoms with Gasteiger partial charge in [0.05, 0.1) is 5.69 Å². The molecular weight excluding hydrogens is 222 g/mol. The van der Waals surface area contributed by atoms with Gasteiger partial charge in [0.1, 0.15) is 0 Å². The third kappa shape index (κ3) is 1.80. The van der Waals surface area contributed by atoms with Gasteiger partial charge in [-0.1, -0.05) is 12.1 Å². The van der Waals surface area contributed by atoms with Gasteiger partial charge < -0.3 is 5.32 Å². The number of aromatic nitrogens is 2. The maximum atomic E-state index is 4.58. The maximum Gasteiger partial charge on any atom is 0.0672 e. The maximum absolute atomic E-state index is 4.58. The topological polar surface area (TPSA) is 29.9 Å². The summed E-state index contributed by atoms with van der Waals surface area (Å²) < 4.78 is 2.03. The first-order valence-electron chi connectivity index (χ1n) is 6.58. The van der Waals surface area contributed by atoms with Crippen LogP contribution < -0.4 is 5.32 Å². The van der Waals surface area contributed by atoms with Crippen LogP contribution in [0, 0.1) is 6.92 Å². The highest BCUT2D eigenvalue weighted by Gasteiger charge is 2.13. The summed E-state index contributed by atoms with van der Waals surface area (Å²) in [6.45, 7) is 7.44. The average Bonchev–Trinajstić information content (AvgIpc) is 2.93. The molecule has 0 saturated heterocycles. The highest BCUT2D eigenvalue weighted by molar-refractivity contribution is 5.72. The van der Waals surface area contributed by atoms with Crippen molar-refractivity contribution in [1.29, 1.82) is 0 Å². The predicted octanol–water partition coefficient (Wildman–Crippen LogP) is 3.41. The molecule has 1 aliphatic heterocycles. The van der Waals surface area contributed by atoms with E-state index in [1.165, 1.54) is 22.4 Å². The van der Waals surface area contributed by atoms with Gasteiger partial charge in [-0.2, -0.15) is 5.10 Å². The molecule has 0 saturated carbocycles. The van der Waals surface area contributed by atoms with Gasteiger partial charge in [-0.25, -0.2) is 0 Å². The van der Waals surface area contributed by atoms with Gasteiger partial charge in [-0.05, 0) is 44.4 Å². The summed E-state index contributed by atoms with van der Waals surface area (Å²) in [5, 5.41) is 8.01. The lowest BCUT2D eigenvalue weighted by atomic mass is 10.0. The molecule has 3 rings (SSSR count). The minimum atomic E-state index is 0.407. The van der Waals surface area contributed by atoms with E-state index < -0.39 is 0 Å². The van der Waals surface area contributed by atoms with E-state index in [9.17, 15) is 0 Å². The summed E-state index contributed by atoms with van der Waals surface area (Å²) in [4.78, 5) is 0. The van der Waals surface area contributed by atoms with E-state index in [-0.39, 0.29) is 0 Å². The molecule has 3 heteroatoms. The average molecular weight is 241 g/mol. The first-order chi connectivity index (χ1) is 8.65. The number of aryl methyl sites for hydroxylation is 1. The Labute approximate surface area is 108 Å². The van der Waals surface area contributed by atoms with Crippen LogP contribution in [-0.2, 0) is 6.42 Å². The third-order valence-electron chi connectivity index (χ3n) is 3.58. The van der Waals surface area contributed by atoms with Crippen molar-refractivity contribution in [3.63, 3.8) is 0 Å². The molecule has 1 aromatic carbocycles. The van der Waals surface area contributed by atoms with E-state index in [2.05, 4.69) is 55.6 Å². The minimum absolute atomic E-state index is 0.407. The lowest BCUT2D eigenvalue weighted by molar-refractivity contribution is 0.529. The van der Waals surface area contributed by atoms with Crippen molar-refractivity contribution in [3.05, 3.63) is 35.7 Å². The molecule has 1 N–H and O–H groups in total. The van der Waals surface area contributed by atoms with Crippen molar-refractivity contribution in [2.75, 3.05) is 11.9 Å². The second kappa shape index (κ2) is 4.16. The second-order valence-electron chi connectivity index (χ2n) is 5.25. The lowest BCUT2D eigenvalue weighted by Gasteiger charge is -2.04. The van der Waals surface area contributed by atoms with E-state index in [0.717, 1.165) is 18.7 Å². The molecule has 1 aliphatic rings. The van der Waals surface area contributed by atoms with Crippen molar-refractivity contribution in [2.45, 2.75) is 33.2 Å². The number of nitrogens with one attached hydrogen (secondary N) is 1. The van der Waals surface area contributed by atoms with Crippen molar-refractivity contribution in [3.8, 4) is 11.1 Å². The lowest BCUT2D eigenvalue weighted by Crippen LogP contribution is -2.00. The van der Waals surface area contributed by atoms with Crippen LogP contribution in [0.4, 0.5) is 5.69 Å². The largest absolute Gasteiger partial charge is 0.384 e. The van der Waals surface area contributed by atoms with Gasteiger partial charge >= 0.3 is 0 Å². The highest BCUT2D eigenvalue weighted by Crippen LogP contribution is 2.30. The van der Waals surface area contributed by atoms with Crippen molar-refractivity contribution < 1.29 is 0 Å². The van der Waals surface area contributed by atoms with E-state index in [4.69, 9.17) is 0 Å². The summed E-state index contributed by atoms with van der Waals surface area (Å²) in [6, 6.07) is 7.10. The molecule has 0 radical (unpaired) electrons. The molecule has 0 amide bonds. The van der Waals surface area contributed by atoms with Gasteiger partial charge in [-0.3, -0.25) is 4.68 Å². The summed E-state index contributed by atoms with van der Waals surface area (Å²) >= 11 is 0. The quantitative estimate of drug-likeness (QED) is 0.873. The smallest absolute Gasteiger partial charge is 0.0672 e. The van der Waals surface area contributed by atoms with Crippen LogP contribution in [0.1, 0.15) is 31.1 Å². The Balaban J connectivity index is 2.04. The molecular formula is C15H19N3. The molecule has 0 unspecified atom stereocenters. The number of hydrogen-bond donors (Lipinski definition) is 1. The Bertz CT molecular complexity index is 581. The van der Waals surface area contributed by atoms with Gasteiger partial charge in [0, 0.05) is 30.0 Å². The molecule has 2 heterocycles. The predicted molar refractivity (Wildman–Crippen MR) is 75.0 cm³/mol. The Morgan fingerprint density at radius 1 is 1.33 bits per heavy atom. The SMILES string of the molecule is Cc1nn(C(C)C)cc1-c1ccc2c(c1)NCC2. The summed E-state index contributed by atoms with van der Waals surface area (Å²) in [6.07, 6.45) is 3.29. The molecule has 0 spiro atoms. The van der Waals surface area contributed by atoms with Crippen LogP contribution >= 0.6 is 0 Å². The van der Waals surface area contributed by atoms with Crippen LogP contribution in [0.15, 0.2) is 24.4 Å². The number of anilines is 1. The Kier molecular flexibility index (Phi) is 2.62. The zero-order chi connectivity index (χ0) is 12.7. The molecule has 1 aromatic heterocycles. The molecule has 18 heavy (non-hydrogen) atoms. The van der Waals surface area contributed by atoms with Gasteiger partial charge in [-0.15, -0.1) is 0 Å². The fraction of sp³-hybridized carbons (Fsp3) is 0.400. The van der Waals surface area contributed by atoms with Gasteiger partial charge in [0.2, 0.25) is 0 Å². The number of fused-ring (bicyclic) bond motifs is 1. The second-order valence-corrected chi connectivity index (χ2v) is 5.25. The van der Waals surface area contributed by atoms with Crippen LogP contribution in [0.3, 0.4) is 0 Å². The monoisotopic (exact) mass is 241 g/mol. The first kappa shape index (κ1) is 11.3. The van der Waals surface area contributed by atoms with E-state index in [1.807, 2.05) is 4.68 Å². The molecule has 2 aromatic rings. The summed E-state index contributed by atoms with van der Waals surface area (Å²) in [5.41, 5.74) is 6.30. The fourth-order valence-electron chi connectivity index (χ4n) is 2.49. The van der Waals surface area contributed by atoms with E-state index in [0.29, 0.717) is 6.04 Å². The molecule has 0 atom stereocenters. The van der Waals surface area contributed by atoms with Crippen LogP contribution in [0.25, 0.3) is 11.1 Å². The van der Waals surface area contributed by atoms with Crippen molar-refractivity contribution >= 4 is 5.69 Å². The Morgan fingerprint density at radius 3 is 2.89 bits per heavy atom. The highest BCUT2D eigenvalue weighted by atomic mass is 15.3. The summed E-state index contributed by atoms with van der Waals surface area (Å²) in [7, 11) is 0. The van der Waals surface area contributed by atoms with Crippen LogP contribution in [-0.4, -0.2) is 16.3 Å². The zero-order valence-electron chi connectivity index (χ0n) is 11.2. The van der Waals surface area contributed by atoms with Crippen LogP contribution in [0.5, 0.6) is 0 Å². The molecule has 3 nitrogen and oxygen atoms in total. The first-order valence-corrected chi connectivity index (χ1v) is 6.58. The molecule has 0 fully saturated rings. The molecule has 0 aliphatic carbocycles. The van der Waals surface area contributed by atoms with Gasteiger partial charge in [0.25, 0.3) is 0 Å². The Hall–Kier alpha value is -1.77. The molecule has 94 valence electrons. The number of rotatable bonds is 2. The summed E-state index contributed by atoms with van der Waals surface area (Å²) in [5.74, 6) is 0. The van der Waals surface area contributed by atoms with E-state index >= 15 is 0 Å². The normalized spacial score (nSPS) is 13.8. The van der Waals surface area contributed by atoms with Crippen molar-refractivity contribution in [2.24, 2.45) is 0 Å². The number of benzene rings is 1. The van der Waals surface area contributed by atoms with Crippen LogP contribution in [0.2, 0.25) is 0 Å². The molecule has 0 bridgehead atoms.